The first-order valence-electron chi connectivity index (χ1n) is 6.44. The van der Waals surface area contributed by atoms with Gasteiger partial charge in [-0.2, -0.15) is 4.98 Å². The van der Waals surface area contributed by atoms with Crippen molar-refractivity contribution in [2.24, 2.45) is 0 Å². The fourth-order valence-electron chi connectivity index (χ4n) is 1.66. The van der Waals surface area contributed by atoms with Gasteiger partial charge in [0.05, 0.1) is 6.61 Å². The van der Waals surface area contributed by atoms with Crippen molar-refractivity contribution in [2.45, 2.75) is 13.3 Å². The Bertz CT molecular complexity index is 554. The zero-order valence-electron chi connectivity index (χ0n) is 11.6. The summed E-state index contributed by atoms with van der Waals surface area (Å²) in [7, 11) is 1.85. The Labute approximate surface area is 117 Å². The molecule has 0 aliphatic carbocycles. The SMILES string of the molecule is CCOC(=O)c1coc(N(C)CCc2ccccn2)n1. The van der Waals surface area contributed by atoms with Gasteiger partial charge in [-0.25, -0.2) is 4.79 Å². The van der Waals surface area contributed by atoms with E-state index >= 15 is 0 Å². The molecule has 0 unspecified atom stereocenters. The standard InChI is InChI=1S/C14H17N3O3/c1-3-19-13(18)12-10-20-14(16-12)17(2)9-7-11-6-4-5-8-15-11/h4-6,8,10H,3,7,9H2,1-2H3. The van der Waals surface area contributed by atoms with Crippen LogP contribution in [0.4, 0.5) is 6.01 Å². The number of pyridine rings is 1. The maximum absolute atomic E-state index is 11.5. The number of nitrogens with zero attached hydrogens (tertiary/aromatic N) is 3. The highest BCUT2D eigenvalue weighted by Gasteiger charge is 2.15. The summed E-state index contributed by atoms with van der Waals surface area (Å²) >= 11 is 0. The van der Waals surface area contributed by atoms with Crippen LogP contribution in [0.3, 0.4) is 0 Å². The lowest BCUT2D eigenvalue weighted by Crippen LogP contribution is -2.21. The number of ether oxygens (including phenoxy) is 1. The van der Waals surface area contributed by atoms with E-state index in [9.17, 15) is 4.79 Å². The van der Waals surface area contributed by atoms with Gasteiger partial charge in [-0.3, -0.25) is 4.98 Å². The lowest BCUT2D eigenvalue weighted by Gasteiger charge is -2.13. The molecular formula is C14H17N3O3. The molecular weight excluding hydrogens is 258 g/mol. The van der Waals surface area contributed by atoms with Crippen LogP contribution in [-0.4, -0.2) is 36.1 Å². The van der Waals surface area contributed by atoms with Gasteiger partial charge in [0, 0.05) is 31.9 Å². The van der Waals surface area contributed by atoms with E-state index in [4.69, 9.17) is 9.15 Å². The van der Waals surface area contributed by atoms with E-state index in [1.165, 1.54) is 6.26 Å². The first-order chi connectivity index (χ1) is 9.70. The summed E-state index contributed by atoms with van der Waals surface area (Å²) in [5.41, 5.74) is 1.18. The van der Waals surface area contributed by atoms with Crippen molar-refractivity contribution < 1.29 is 13.9 Å². The minimum Gasteiger partial charge on any atom is -0.461 e. The Morgan fingerprint density at radius 2 is 2.30 bits per heavy atom. The summed E-state index contributed by atoms with van der Waals surface area (Å²) in [6.07, 6.45) is 3.85. The van der Waals surface area contributed by atoms with Crippen molar-refractivity contribution in [2.75, 3.05) is 25.1 Å². The molecule has 2 aromatic heterocycles. The lowest BCUT2D eigenvalue weighted by atomic mass is 10.2. The Kier molecular flexibility index (Phi) is 4.70. The van der Waals surface area contributed by atoms with Crippen LogP contribution in [0.25, 0.3) is 0 Å². The summed E-state index contributed by atoms with van der Waals surface area (Å²) in [5, 5.41) is 0. The summed E-state index contributed by atoms with van der Waals surface area (Å²) in [6, 6.07) is 6.19. The van der Waals surface area contributed by atoms with E-state index in [1.54, 1.807) is 13.1 Å². The molecule has 0 aromatic carbocycles. The van der Waals surface area contributed by atoms with E-state index in [0.717, 1.165) is 12.1 Å². The molecule has 0 aliphatic heterocycles. The molecule has 6 heteroatoms. The highest BCUT2D eigenvalue weighted by molar-refractivity contribution is 5.87. The Balaban J connectivity index is 1.92. The van der Waals surface area contributed by atoms with Gasteiger partial charge in [0.1, 0.15) is 6.26 Å². The third-order valence-corrected chi connectivity index (χ3v) is 2.73. The smallest absolute Gasteiger partial charge is 0.360 e. The molecule has 0 N–H and O–H groups in total. The van der Waals surface area contributed by atoms with Gasteiger partial charge in [0.25, 0.3) is 6.01 Å². The minimum atomic E-state index is -0.472. The summed E-state index contributed by atoms with van der Waals surface area (Å²) in [6.45, 7) is 2.76. The zero-order chi connectivity index (χ0) is 14.4. The molecule has 106 valence electrons. The second-order valence-corrected chi connectivity index (χ2v) is 4.23. The van der Waals surface area contributed by atoms with Crippen molar-refractivity contribution in [3.63, 3.8) is 0 Å². The molecule has 0 atom stereocenters. The zero-order valence-corrected chi connectivity index (χ0v) is 11.6. The normalized spacial score (nSPS) is 10.3. The van der Waals surface area contributed by atoms with E-state index in [0.29, 0.717) is 19.2 Å². The van der Waals surface area contributed by atoms with Gasteiger partial charge < -0.3 is 14.1 Å². The van der Waals surface area contributed by atoms with E-state index in [2.05, 4.69) is 9.97 Å². The number of esters is 1. The van der Waals surface area contributed by atoms with E-state index in [-0.39, 0.29) is 5.69 Å². The fraction of sp³-hybridized carbons (Fsp3) is 0.357. The fourth-order valence-corrected chi connectivity index (χ4v) is 1.66. The number of rotatable bonds is 6. The topological polar surface area (TPSA) is 68.5 Å². The number of carbonyl (C=O) groups is 1. The Hall–Kier alpha value is -2.37. The molecule has 0 amide bonds. The van der Waals surface area contributed by atoms with Crippen LogP contribution in [0, 0.1) is 0 Å². The van der Waals surface area contributed by atoms with Crippen molar-refractivity contribution >= 4 is 12.0 Å². The highest BCUT2D eigenvalue weighted by atomic mass is 16.5. The highest BCUT2D eigenvalue weighted by Crippen LogP contribution is 2.13. The predicted octanol–water partition coefficient (Wildman–Crippen LogP) is 1.93. The van der Waals surface area contributed by atoms with Gasteiger partial charge in [-0.05, 0) is 19.1 Å². The van der Waals surface area contributed by atoms with Crippen LogP contribution in [0.1, 0.15) is 23.1 Å². The number of hydrogen-bond acceptors (Lipinski definition) is 6. The van der Waals surface area contributed by atoms with Crippen molar-refractivity contribution in [3.05, 3.63) is 42.0 Å². The minimum absolute atomic E-state index is 0.187. The Morgan fingerprint density at radius 3 is 3.00 bits per heavy atom. The third kappa shape index (κ3) is 3.57. The van der Waals surface area contributed by atoms with Crippen LogP contribution in [-0.2, 0) is 11.2 Å². The molecule has 2 aromatic rings. The van der Waals surface area contributed by atoms with Crippen LogP contribution < -0.4 is 4.90 Å². The van der Waals surface area contributed by atoms with E-state index in [1.807, 2.05) is 30.1 Å². The molecule has 0 bridgehead atoms. The molecule has 0 radical (unpaired) electrons. The average molecular weight is 275 g/mol. The summed E-state index contributed by atoms with van der Waals surface area (Å²) < 4.78 is 10.1. The molecule has 0 saturated carbocycles. The predicted molar refractivity (Wildman–Crippen MR) is 73.7 cm³/mol. The van der Waals surface area contributed by atoms with Gasteiger partial charge in [0.2, 0.25) is 0 Å². The number of likely N-dealkylation sites (N-methyl/N-ethyl adjacent to an activating group) is 1. The molecule has 2 rings (SSSR count). The monoisotopic (exact) mass is 275 g/mol. The molecule has 0 fully saturated rings. The maximum Gasteiger partial charge on any atom is 0.360 e. The van der Waals surface area contributed by atoms with Gasteiger partial charge in [-0.1, -0.05) is 6.07 Å². The van der Waals surface area contributed by atoms with Crippen LogP contribution >= 0.6 is 0 Å². The molecule has 6 nitrogen and oxygen atoms in total. The first-order valence-corrected chi connectivity index (χ1v) is 6.44. The summed E-state index contributed by atoms with van der Waals surface area (Å²) in [4.78, 5) is 21.7. The van der Waals surface area contributed by atoms with Crippen molar-refractivity contribution in [3.8, 4) is 0 Å². The molecule has 0 aliphatic rings. The van der Waals surface area contributed by atoms with Crippen LogP contribution in [0.5, 0.6) is 0 Å². The van der Waals surface area contributed by atoms with Gasteiger partial charge >= 0.3 is 5.97 Å². The molecule has 0 spiro atoms. The first kappa shape index (κ1) is 14.0. The molecule has 20 heavy (non-hydrogen) atoms. The van der Waals surface area contributed by atoms with Crippen LogP contribution in [0.2, 0.25) is 0 Å². The number of anilines is 1. The van der Waals surface area contributed by atoms with Gasteiger partial charge in [-0.15, -0.1) is 0 Å². The number of aromatic nitrogens is 2. The third-order valence-electron chi connectivity index (χ3n) is 2.73. The van der Waals surface area contributed by atoms with E-state index < -0.39 is 5.97 Å². The number of carbonyl (C=O) groups excluding carboxylic acids is 1. The van der Waals surface area contributed by atoms with Gasteiger partial charge in [0.15, 0.2) is 5.69 Å². The largest absolute Gasteiger partial charge is 0.461 e. The van der Waals surface area contributed by atoms with Crippen molar-refractivity contribution in [1.82, 2.24) is 9.97 Å². The molecule has 2 heterocycles. The quantitative estimate of drug-likeness (QED) is 0.750. The van der Waals surface area contributed by atoms with Crippen molar-refractivity contribution in [1.29, 1.82) is 0 Å². The second kappa shape index (κ2) is 6.70. The lowest BCUT2D eigenvalue weighted by molar-refractivity contribution is 0.0519. The number of oxazole rings is 1. The second-order valence-electron chi connectivity index (χ2n) is 4.23. The Morgan fingerprint density at radius 1 is 1.45 bits per heavy atom. The number of hydrogen-bond donors (Lipinski definition) is 0. The maximum atomic E-state index is 11.5. The summed E-state index contributed by atoms with van der Waals surface area (Å²) in [5.74, 6) is -0.472. The average Bonchev–Trinajstić information content (AvgIpc) is 2.96. The molecule has 0 saturated heterocycles. The van der Waals surface area contributed by atoms with Crippen LogP contribution in [0.15, 0.2) is 35.1 Å².